The van der Waals surface area contributed by atoms with E-state index in [4.69, 9.17) is 4.74 Å². The van der Waals surface area contributed by atoms with Crippen molar-refractivity contribution in [3.8, 4) is 5.75 Å². The van der Waals surface area contributed by atoms with Crippen LogP contribution in [0, 0.1) is 15.3 Å². The Hall–Kier alpha value is -3.20. The number of esters is 1. The zero-order valence-electron chi connectivity index (χ0n) is 20.8. The fourth-order valence-corrected chi connectivity index (χ4v) is 5.32. The summed E-state index contributed by atoms with van der Waals surface area (Å²) in [6, 6.07) is 17.0. The van der Waals surface area contributed by atoms with Gasteiger partial charge in [-0.3, -0.25) is 9.59 Å². The lowest BCUT2D eigenvalue weighted by atomic mass is 9.78. The first kappa shape index (κ1) is 29.8. The number of carbonyl (C=O) groups excluding carboxylic acids is 2. The van der Waals surface area contributed by atoms with Crippen LogP contribution in [-0.4, -0.2) is 25.8 Å². The van der Waals surface area contributed by atoms with Gasteiger partial charge in [-0.1, -0.05) is 24.3 Å². The minimum absolute atomic E-state index is 0.216. The number of halogens is 5. The van der Waals surface area contributed by atoms with Crippen LogP contribution in [0.15, 0.2) is 72.8 Å². The van der Waals surface area contributed by atoms with E-state index >= 15 is 0 Å². The summed E-state index contributed by atoms with van der Waals surface area (Å²) >= 11 is 2.12. The fraction of sp³-hybridized carbons (Fsp3) is 0.259. The van der Waals surface area contributed by atoms with Crippen LogP contribution >= 0.6 is 22.6 Å². The second-order valence-electron chi connectivity index (χ2n) is 9.02. The molecule has 3 aromatic carbocycles. The Balaban J connectivity index is 1.60. The molecule has 0 saturated carbocycles. The number of nitrogens with zero attached hydrogens (tertiary/aromatic N) is 1. The van der Waals surface area contributed by atoms with Crippen molar-refractivity contribution in [1.29, 1.82) is 0 Å². The molecule has 1 amide bonds. The maximum Gasteiger partial charge on any atom is 0.534 e. The second kappa shape index (κ2) is 11.7. The zero-order valence-corrected chi connectivity index (χ0v) is 23.7. The van der Waals surface area contributed by atoms with E-state index in [0.29, 0.717) is 16.8 Å². The monoisotopic (exact) mass is 691 g/mol. The molecule has 1 heterocycles. The van der Waals surface area contributed by atoms with Gasteiger partial charge < -0.3 is 13.8 Å². The van der Waals surface area contributed by atoms with Crippen molar-refractivity contribution in [2.24, 2.45) is 5.92 Å². The molecule has 1 aliphatic rings. The van der Waals surface area contributed by atoms with Gasteiger partial charge >= 0.3 is 21.6 Å². The van der Waals surface area contributed by atoms with Gasteiger partial charge in [-0.2, -0.15) is 21.6 Å². The second-order valence-corrected chi connectivity index (χ2v) is 11.8. The van der Waals surface area contributed by atoms with Crippen molar-refractivity contribution in [3.05, 3.63) is 93.3 Å². The molecule has 1 saturated heterocycles. The average molecular weight is 691 g/mol. The summed E-state index contributed by atoms with van der Waals surface area (Å²) < 4.78 is 84.9. The Kier molecular flexibility index (Phi) is 8.73. The number of hydrogen-bond acceptors (Lipinski definition) is 6. The molecule has 40 heavy (non-hydrogen) atoms. The van der Waals surface area contributed by atoms with Crippen molar-refractivity contribution in [3.63, 3.8) is 0 Å². The first-order chi connectivity index (χ1) is 18.8. The van der Waals surface area contributed by atoms with Crippen molar-refractivity contribution < 1.29 is 44.5 Å². The highest BCUT2D eigenvalue weighted by molar-refractivity contribution is 14.1. The average Bonchev–Trinajstić information content (AvgIpc) is 2.88. The van der Waals surface area contributed by atoms with E-state index in [-0.39, 0.29) is 18.7 Å². The first-order valence-corrected chi connectivity index (χ1v) is 14.4. The van der Waals surface area contributed by atoms with Crippen molar-refractivity contribution in [2.45, 2.75) is 37.4 Å². The highest BCUT2D eigenvalue weighted by atomic mass is 127. The predicted octanol–water partition coefficient (Wildman–Crippen LogP) is 6.45. The lowest BCUT2D eigenvalue weighted by Gasteiger charge is -2.48. The van der Waals surface area contributed by atoms with Crippen molar-refractivity contribution in [1.82, 2.24) is 0 Å². The van der Waals surface area contributed by atoms with E-state index in [2.05, 4.69) is 26.8 Å². The molecule has 0 N–H and O–H groups in total. The molecule has 0 aromatic heterocycles. The van der Waals surface area contributed by atoms with Crippen LogP contribution in [0.3, 0.4) is 0 Å². The predicted molar refractivity (Wildman–Crippen MR) is 145 cm³/mol. The third-order valence-electron chi connectivity index (χ3n) is 6.32. The molecule has 0 bridgehead atoms. The van der Waals surface area contributed by atoms with Crippen LogP contribution in [-0.2, 0) is 24.4 Å². The smallest absolute Gasteiger partial charge is 0.458 e. The molecule has 4 rings (SSSR count). The van der Waals surface area contributed by atoms with E-state index in [1.54, 1.807) is 17.0 Å². The number of amides is 1. The highest BCUT2D eigenvalue weighted by Crippen LogP contribution is 2.47. The third kappa shape index (κ3) is 6.57. The molecule has 0 radical (unpaired) electrons. The quantitative estimate of drug-likeness (QED) is 0.0641. The third-order valence-corrected chi connectivity index (χ3v) is 8.02. The van der Waals surface area contributed by atoms with Crippen LogP contribution in [0.25, 0.3) is 0 Å². The molecule has 212 valence electrons. The molecule has 1 unspecified atom stereocenters. The number of anilines is 1. The van der Waals surface area contributed by atoms with Crippen LogP contribution in [0.5, 0.6) is 5.75 Å². The Bertz CT molecular complexity index is 1480. The lowest BCUT2D eigenvalue weighted by Crippen LogP contribution is -2.55. The van der Waals surface area contributed by atoms with Crippen LogP contribution in [0.4, 0.5) is 23.2 Å². The number of β-lactam (4-membered cyclic amide) rings is 1. The highest BCUT2D eigenvalue weighted by Gasteiger charge is 2.50. The molecule has 3 atom stereocenters. The fourth-order valence-electron chi connectivity index (χ4n) is 4.50. The molecule has 0 aliphatic carbocycles. The maximum atomic E-state index is 13.4. The van der Waals surface area contributed by atoms with Crippen molar-refractivity contribution >= 4 is 50.3 Å². The number of benzene rings is 3. The summed E-state index contributed by atoms with van der Waals surface area (Å²) in [6.45, 7) is 1.24. The van der Waals surface area contributed by atoms with E-state index in [1.807, 2.05) is 12.1 Å². The summed E-state index contributed by atoms with van der Waals surface area (Å²) in [5.41, 5.74) is -3.89. The van der Waals surface area contributed by atoms with E-state index in [0.717, 1.165) is 15.7 Å². The van der Waals surface area contributed by atoms with Gasteiger partial charge in [-0.15, -0.1) is 0 Å². The zero-order chi connectivity index (χ0) is 29.2. The Morgan fingerprint density at radius 2 is 1.60 bits per heavy atom. The van der Waals surface area contributed by atoms with Gasteiger partial charge in [-0.05, 0) is 95.1 Å². The summed E-state index contributed by atoms with van der Waals surface area (Å²) in [6.07, 6.45) is -0.230. The standard InChI is InChI=1S/C27H22F4INO6S/c1-16(34)38-24(17-2-6-19(28)7-3-17)15-14-23-25(33(26(23)35)21-10-8-20(32)9-11-21)18-4-12-22(13-5-18)39-40(36,37)27(29,30)31/h2-13,23-25H,14-15H2,1H3/t23?,24-,25+/m0/s1. The summed E-state index contributed by atoms with van der Waals surface area (Å²) in [5.74, 6) is -2.34. The summed E-state index contributed by atoms with van der Waals surface area (Å²) in [7, 11) is -5.84. The van der Waals surface area contributed by atoms with Gasteiger partial charge in [0.15, 0.2) is 0 Å². The van der Waals surface area contributed by atoms with Gasteiger partial charge in [0, 0.05) is 16.2 Å². The molecule has 1 aliphatic heterocycles. The van der Waals surface area contributed by atoms with Gasteiger partial charge in [0.2, 0.25) is 5.91 Å². The first-order valence-electron chi connectivity index (χ1n) is 11.9. The van der Waals surface area contributed by atoms with Crippen molar-refractivity contribution in [2.75, 3.05) is 4.90 Å². The number of hydrogen-bond donors (Lipinski definition) is 0. The van der Waals surface area contributed by atoms with E-state index < -0.39 is 51.2 Å². The molecule has 1 fully saturated rings. The molecule has 7 nitrogen and oxygen atoms in total. The van der Waals surface area contributed by atoms with Crippen LogP contribution in [0.2, 0.25) is 0 Å². The van der Waals surface area contributed by atoms with Gasteiger partial charge in [0.1, 0.15) is 17.7 Å². The largest absolute Gasteiger partial charge is 0.534 e. The molecule has 3 aromatic rings. The van der Waals surface area contributed by atoms with Crippen LogP contribution < -0.4 is 9.08 Å². The van der Waals surface area contributed by atoms with Gasteiger partial charge in [0.25, 0.3) is 0 Å². The topological polar surface area (TPSA) is 90.0 Å². The van der Waals surface area contributed by atoms with Gasteiger partial charge in [-0.25, -0.2) is 4.39 Å². The SMILES string of the molecule is CC(=O)O[C@@H](CCC1C(=O)N(c2ccc(I)cc2)[C@@H]1c1ccc(OS(=O)(=O)C(F)(F)F)cc1)c1ccc(F)cc1. The van der Waals surface area contributed by atoms with E-state index in [1.165, 1.54) is 43.3 Å². The molecule has 13 heteroatoms. The Morgan fingerprint density at radius 3 is 2.15 bits per heavy atom. The lowest BCUT2D eigenvalue weighted by molar-refractivity contribution is -0.147. The molecular formula is C27H22F4INO6S. The van der Waals surface area contributed by atoms with Gasteiger partial charge in [0.05, 0.1) is 12.0 Å². The summed E-state index contributed by atoms with van der Waals surface area (Å²) in [5, 5.41) is 0. The maximum absolute atomic E-state index is 13.4. The normalized spacial score (nSPS) is 18.1. The minimum atomic E-state index is -5.84. The molecule has 0 spiro atoms. The number of alkyl halides is 3. The minimum Gasteiger partial charge on any atom is -0.458 e. The number of carbonyl (C=O) groups is 2. The Morgan fingerprint density at radius 1 is 1.00 bits per heavy atom. The number of rotatable bonds is 9. The molecular weight excluding hydrogens is 669 g/mol. The summed E-state index contributed by atoms with van der Waals surface area (Å²) in [4.78, 5) is 26.6. The number of ether oxygens (including phenoxy) is 1. The van der Waals surface area contributed by atoms with E-state index in [9.17, 15) is 35.6 Å². The van der Waals surface area contributed by atoms with Crippen LogP contribution in [0.1, 0.15) is 43.0 Å². The Labute approximate surface area is 241 Å².